The van der Waals surface area contributed by atoms with Crippen molar-refractivity contribution < 1.29 is 55.7 Å². The number of nitrogens with zero attached hydrogens (tertiary/aromatic N) is 4. The number of halogens is 7. The fourth-order valence-electron chi connectivity index (χ4n) is 10.5. The summed E-state index contributed by atoms with van der Waals surface area (Å²) in [7, 11) is 14.3. The number of oxime groups is 2. The van der Waals surface area contributed by atoms with Crippen molar-refractivity contribution in [3.8, 4) is 57.0 Å². The SMILES string of the molecule is COc1cc2c(cc1OC)-c1[nH]c3ccc(OCCN(C)C)cc3c1C2=NOC(c1ccc(F)cc1)c1ccc(F)cc1.COc1cc2c(cc1OC)-c1[nH]c3ccc(OCCN(C)C)cc3c1C2=NOC(c1ccc(F)cc1)c1ccc(F)cc1.Cl.Cl.Cl. The van der Waals surface area contributed by atoms with Crippen molar-refractivity contribution in [2.75, 3.05) is 82.9 Å². The zero-order valence-electron chi connectivity index (χ0n) is 49.8. The molecule has 89 heavy (non-hydrogen) atoms. The van der Waals surface area contributed by atoms with Gasteiger partial charge in [-0.25, -0.2) is 17.6 Å². The van der Waals surface area contributed by atoms with E-state index in [1.54, 1.807) is 77.0 Å². The third-order valence-electron chi connectivity index (χ3n) is 14.9. The summed E-state index contributed by atoms with van der Waals surface area (Å²) in [6, 6.07) is 43.4. The Balaban J connectivity index is 0.000000223. The predicted octanol–water partition coefficient (Wildman–Crippen LogP) is 15.2. The number of nitrogens with one attached hydrogen (secondary N) is 2. The molecule has 10 aromatic rings. The van der Waals surface area contributed by atoms with Gasteiger partial charge in [0, 0.05) is 68.3 Å². The van der Waals surface area contributed by atoms with E-state index in [9.17, 15) is 17.6 Å². The molecule has 0 spiro atoms. The Hall–Kier alpha value is -8.91. The Bertz CT molecular complexity index is 3790. The predicted molar refractivity (Wildman–Crippen MR) is 346 cm³/mol. The summed E-state index contributed by atoms with van der Waals surface area (Å²) in [5.41, 5.74) is 12.4. The van der Waals surface area contributed by atoms with Crippen molar-refractivity contribution in [2.45, 2.75) is 12.2 Å². The van der Waals surface area contributed by atoms with Gasteiger partial charge >= 0.3 is 0 Å². The van der Waals surface area contributed by atoms with Crippen molar-refractivity contribution in [2.24, 2.45) is 10.3 Å². The first kappa shape index (κ1) is 66.1. The van der Waals surface area contributed by atoms with Crippen LogP contribution in [0.3, 0.4) is 0 Å². The Morgan fingerprint density at radius 2 is 0.685 bits per heavy atom. The van der Waals surface area contributed by atoms with Crippen LogP contribution in [0.2, 0.25) is 0 Å². The number of hydrogen-bond donors (Lipinski definition) is 2. The lowest BCUT2D eigenvalue weighted by atomic mass is 10.0. The van der Waals surface area contributed by atoms with Crippen molar-refractivity contribution >= 4 is 70.5 Å². The zero-order valence-corrected chi connectivity index (χ0v) is 52.2. The normalized spacial score (nSPS) is 12.6. The van der Waals surface area contributed by atoms with Crippen molar-refractivity contribution in [3.05, 3.63) is 226 Å². The first-order valence-electron chi connectivity index (χ1n) is 27.6. The Labute approximate surface area is 531 Å². The first-order valence-corrected chi connectivity index (χ1v) is 27.6. The highest BCUT2D eigenvalue weighted by molar-refractivity contribution is 6.31. The highest BCUT2D eigenvalue weighted by atomic mass is 35.5. The lowest BCUT2D eigenvalue weighted by Gasteiger charge is -2.17. The number of aromatic amines is 2. The summed E-state index contributed by atoms with van der Waals surface area (Å²) in [5.74, 6) is 2.24. The number of ether oxygens (including phenoxy) is 6. The van der Waals surface area contributed by atoms with E-state index >= 15 is 0 Å². The molecule has 0 saturated carbocycles. The molecule has 0 fully saturated rings. The van der Waals surface area contributed by atoms with Gasteiger partial charge in [0.1, 0.15) is 59.4 Å². The minimum atomic E-state index is -0.725. The van der Waals surface area contributed by atoms with Crippen molar-refractivity contribution in [1.82, 2.24) is 19.8 Å². The molecule has 14 nitrogen and oxygen atoms in total. The molecule has 2 aliphatic carbocycles. The van der Waals surface area contributed by atoms with Crippen molar-refractivity contribution in [3.63, 3.8) is 0 Å². The molecule has 8 aromatic carbocycles. The highest BCUT2D eigenvalue weighted by Crippen LogP contribution is 2.48. The standard InChI is InChI=1S/2C34H31F2N3O4.3ClH/c2*1-39(2)15-16-42-24-13-14-28-27(17-24)31-32(37-28)25-18-29(40-3)30(41-4)19-26(25)33(31)38-43-34(20-5-9-22(35)10-6-20)21-7-11-23(36)12-8-21;;;/h2*5-14,17-19,34,37H,15-16H2,1-4H3;3*1H. The van der Waals surface area contributed by atoms with Gasteiger partial charge in [-0.1, -0.05) is 58.8 Å². The highest BCUT2D eigenvalue weighted by Gasteiger charge is 2.35. The maximum Gasteiger partial charge on any atom is 0.177 e. The third kappa shape index (κ3) is 14.0. The Morgan fingerprint density at radius 3 is 0.966 bits per heavy atom. The number of likely N-dealkylation sites (N-methyl/N-ethyl adjacent to an activating group) is 2. The van der Waals surface area contributed by atoms with E-state index in [1.165, 1.54) is 48.5 Å². The van der Waals surface area contributed by atoms with Crippen LogP contribution in [0.15, 0.2) is 168 Å². The maximum atomic E-state index is 13.8. The summed E-state index contributed by atoms with van der Waals surface area (Å²) in [6.45, 7) is 2.65. The molecule has 12 rings (SSSR count). The van der Waals surface area contributed by atoms with Gasteiger partial charge in [-0.3, -0.25) is 0 Å². The fourth-order valence-corrected chi connectivity index (χ4v) is 10.5. The number of benzene rings is 8. The Morgan fingerprint density at radius 1 is 0.393 bits per heavy atom. The van der Waals surface area contributed by atoms with E-state index in [-0.39, 0.29) is 60.5 Å². The summed E-state index contributed by atoms with van der Waals surface area (Å²) < 4.78 is 89.8. The van der Waals surface area contributed by atoms with Crippen LogP contribution in [0.25, 0.3) is 44.3 Å². The minimum absolute atomic E-state index is 0. The van der Waals surface area contributed by atoms with Gasteiger partial charge in [-0.2, -0.15) is 0 Å². The smallest absolute Gasteiger partial charge is 0.177 e. The first-order chi connectivity index (χ1) is 41.7. The topological polar surface area (TPSA) is 137 Å². The molecule has 464 valence electrons. The second-order valence-electron chi connectivity index (χ2n) is 21.0. The number of H-pyrrole nitrogens is 2. The van der Waals surface area contributed by atoms with E-state index in [4.69, 9.17) is 48.4 Å². The van der Waals surface area contributed by atoms with Gasteiger partial charge in [0.25, 0.3) is 0 Å². The lowest BCUT2D eigenvalue weighted by Crippen LogP contribution is -2.19. The van der Waals surface area contributed by atoms with Crippen LogP contribution >= 0.6 is 37.2 Å². The van der Waals surface area contributed by atoms with Gasteiger partial charge in [-0.05, 0) is 160 Å². The number of methoxy groups -OCH3 is 4. The molecule has 21 heteroatoms. The van der Waals surface area contributed by atoms with Gasteiger partial charge in [0.15, 0.2) is 35.2 Å². The van der Waals surface area contributed by atoms with E-state index in [0.29, 0.717) is 69.9 Å². The van der Waals surface area contributed by atoms with Gasteiger partial charge in [-0.15, -0.1) is 37.2 Å². The van der Waals surface area contributed by atoms with E-state index < -0.39 is 12.2 Å². The molecule has 0 bridgehead atoms. The van der Waals surface area contributed by atoms with Crippen LogP contribution in [0, 0.1) is 23.3 Å². The molecule has 0 unspecified atom stereocenters. The molecule has 2 aromatic heterocycles. The largest absolute Gasteiger partial charge is 0.493 e. The molecule has 2 aliphatic rings. The van der Waals surface area contributed by atoms with Crippen molar-refractivity contribution in [1.29, 1.82) is 0 Å². The van der Waals surface area contributed by atoms with Crippen LogP contribution in [-0.2, 0) is 9.68 Å². The summed E-state index contributed by atoms with van der Waals surface area (Å²) in [6.07, 6.45) is -1.45. The monoisotopic (exact) mass is 1270 g/mol. The van der Waals surface area contributed by atoms with Crippen LogP contribution in [0.5, 0.6) is 34.5 Å². The summed E-state index contributed by atoms with van der Waals surface area (Å²) in [5, 5.41) is 11.3. The maximum absolute atomic E-state index is 13.8. The molecule has 0 atom stereocenters. The molecular weight excluding hydrogens is 1210 g/mol. The van der Waals surface area contributed by atoms with Gasteiger partial charge < -0.3 is 57.9 Å². The van der Waals surface area contributed by atoms with Crippen LogP contribution < -0.4 is 28.4 Å². The molecule has 0 saturated heterocycles. The Kier molecular flexibility index (Phi) is 21.5. The van der Waals surface area contributed by atoms with Gasteiger partial charge in [0.2, 0.25) is 0 Å². The number of rotatable bonds is 20. The number of fused-ring (bicyclic) bond motifs is 10. The van der Waals surface area contributed by atoms with Crippen LogP contribution in [0.1, 0.15) is 56.7 Å². The van der Waals surface area contributed by atoms with E-state index in [0.717, 1.165) is 91.2 Å². The molecule has 0 aliphatic heterocycles. The zero-order chi connectivity index (χ0) is 60.2. The molecular formula is C68H65Cl3F4N6O8. The van der Waals surface area contributed by atoms with Gasteiger partial charge in [0.05, 0.1) is 39.8 Å². The average molecular weight is 1280 g/mol. The molecule has 2 heterocycles. The van der Waals surface area contributed by atoms with E-state index in [2.05, 4.69) is 19.8 Å². The number of hydrogen-bond acceptors (Lipinski definition) is 12. The third-order valence-corrected chi connectivity index (χ3v) is 14.9. The number of aromatic nitrogens is 2. The molecule has 0 radical (unpaired) electrons. The fraction of sp³-hybridized carbons (Fsp3) is 0.206. The second-order valence-corrected chi connectivity index (χ2v) is 21.0. The van der Waals surface area contributed by atoms with Crippen LogP contribution in [-0.4, -0.2) is 114 Å². The molecule has 0 amide bonds. The second kappa shape index (κ2) is 28.9. The summed E-state index contributed by atoms with van der Waals surface area (Å²) >= 11 is 0. The quantitative estimate of drug-likeness (QED) is 0.0561. The minimum Gasteiger partial charge on any atom is -0.493 e. The lowest BCUT2D eigenvalue weighted by molar-refractivity contribution is 0.0876. The molecule has 2 N–H and O–H groups in total. The van der Waals surface area contributed by atoms with Crippen LogP contribution in [0.4, 0.5) is 17.6 Å². The van der Waals surface area contributed by atoms with E-state index in [1.807, 2.05) is 88.9 Å². The average Bonchev–Trinajstić information content (AvgIpc) is 1.59. The summed E-state index contributed by atoms with van der Waals surface area (Å²) in [4.78, 5) is 23.8.